The van der Waals surface area contributed by atoms with E-state index in [1.165, 1.54) is 0 Å². The minimum atomic E-state index is -0.103. The first-order valence-electron chi connectivity index (χ1n) is 8.91. The molecular formula is C19H19N7O. The third-order valence-electron chi connectivity index (χ3n) is 4.69. The predicted octanol–water partition coefficient (Wildman–Crippen LogP) is 1.74. The lowest BCUT2D eigenvalue weighted by Gasteiger charge is -2.22. The Morgan fingerprint density at radius 3 is 2.96 bits per heavy atom. The summed E-state index contributed by atoms with van der Waals surface area (Å²) in [6.07, 6.45) is 6.25. The van der Waals surface area contributed by atoms with E-state index >= 15 is 0 Å². The number of fused-ring (bicyclic) bond motifs is 1. The van der Waals surface area contributed by atoms with Gasteiger partial charge in [0.05, 0.1) is 12.3 Å². The van der Waals surface area contributed by atoms with Crippen molar-refractivity contribution in [1.29, 1.82) is 5.26 Å². The van der Waals surface area contributed by atoms with Crippen LogP contribution in [0.1, 0.15) is 12.8 Å². The summed E-state index contributed by atoms with van der Waals surface area (Å²) in [5.41, 5.74) is 1.69. The van der Waals surface area contributed by atoms with Gasteiger partial charge in [0.25, 0.3) is 0 Å². The number of pyridine rings is 1. The number of rotatable bonds is 3. The predicted molar refractivity (Wildman–Crippen MR) is 99.9 cm³/mol. The van der Waals surface area contributed by atoms with Crippen LogP contribution in [0.4, 0.5) is 5.82 Å². The largest absolute Gasteiger partial charge is 0.355 e. The second-order valence-corrected chi connectivity index (χ2v) is 6.37. The highest BCUT2D eigenvalue weighted by Crippen LogP contribution is 2.20. The van der Waals surface area contributed by atoms with Crippen molar-refractivity contribution in [2.24, 2.45) is 0 Å². The lowest BCUT2D eigenvalue weighted by Crippen LogP contribution is -2.35. The summed E-state index contributed by atoms with van der Waals surface area (Å²) in [6, 6.07) is 9.65. The first-order valence-corrected chi connectivity index (χ1v) is 8.91. The summed E-state index contributed by atoms with van der Waals surface area (Å²) < 4.78 is 1.96. The molecule has 1 aliphatic rings. The number of nitrogens with zero attached hydrogens (tertiary/aromatic N) is 7. The Labute approximate surface area is 156 Å². The number of amides is 1. The SMILES string of the molecule is N#CCC(=O)N1CCCN(c2ccnc(-c3cnc4ccccn34)n2)CC1. The molecule has 27 heavy (non-hydrogen) atoms. The zero-order valence-corrected chi connectivity index (χ0v) is 14.8. The Hall–Kier alpha value is -3.47. The van der Waals surface area contributed by atoms with Crippen LogP contribution in [0.3, 0.4) is 0 Å². The monoisotopic (exact) mass is 361 g/mol. The van der Waals surface area contributed by atoms with E-state index in [4.69, 9.17) is 10.2 Å². The van der Waals surface area contributed by atoms with Crippen LogP contribution < -0.4 is 4.90 Å². The van der Waals surface area contributed by atoms with Crippen molar-refractivity contribution in [1.82, 2.24) is 24.3 Å². The minimum Gasteiger partial charge on any atom is -0.355 e. The van der Waals surface area contributed by atoms with E-state index in [2.05, 4.69) is 14.9 Å². The van der Waals surface area contributed by atoms with Gasteiger partial charge >= 0.3 is 0 Å². The maximum Gasteiger partial charge on any atom is 0.236 e. The van der Waals surface area contributed by atoms with Crippen LogP contribution in [0.25, 0.3) is 17.2 Å². The first-order chi connectivity index (χ1) is 13.3. The fourth-order valence-electron chi connectivity index (χ4n) is 3.32. The maximum absolute atomic E-state index is 12.0. The molecule has 4 rings (SSSR count). The summed E-state index contributed by atoms with van der Waals surface area (Å²) in [6.45, 7) is 2.75. The third-order valence-corrected chi connectivity index (χ3v) is 4.69. The normalized spacial score (nSPS) is 14.8. The van der Waals surface area contributed by atoms with Crippen molar-refractivity contribution in [3.05, 3.63) is 42.9 Å². The molecule has 1 saturated heterocycles. The average molecular weight is 361 g/mol. The molecule has 0 saturated carbocycles. The van der Waals surface area contributed by atoms with Crippen molar-refractivity contribution in [2.45, 2.75) is 12.8 Å². The van der Waals surface area contributed by atoms with Crippen molar-refractivity contribution in [3.8, 4) is 17.6 Å². The summed E-state index contributed by atoms with van der Waals surface area (Å²) >= 11 is 0. The van der Waals surface area contributed by atoms with Crippen molar-refractivity contribution < 1.29 is 4.79 Å². The van der Waals surface area contributed by atoms with Crippen molar-refractivity contribution in [3.63, 3.8) is 0 Å². The lowest BCUT2D eigenvalue weighted by molar-refractivity contribution is -0.129. The van der Waals surface area contributed by atoms with Gasteiger partial charge in [0.2, 0.25) is 5.91 Å². The summed E-state index contributed by atoms with van der Waals surface area (Å²) in [4.78, 5) is 29.4. The van der Waals surface area contributed by atoms with Gasteiger partial charge in [-0.15, -0.1) is 0 Å². The summed E-state index contributed by atoms with van der Waals surface area (Å²) in [5.74, 6) is 1.35. The number of imidazole rings is 1. The third kappa shape index (κ3) is 3.44. The van der Waals surface area contributed by atoms with E-state index in [1.54, 1.807) is 17.3 Å². The molecule has 8 nitrogen and oxygen atoms in total. The molecule has 3 aromatic rings. The molecule has 4 heterocycles. The van der Waals surface area contributed by atoms with Crippen LogP contribution in [0.5, 0.6) is 0 Å². The van der Waals surface area contributed by atoms with E-state index in [0.29, 0.717) is 25.5 Å². The molecule has 0 spiro atoms. The zero-order chi connectivity index (χ0) is 18.6. The Morgan fingerprint density at radius 1 is 1.15 bits per heavy atom. The fraction of sp³-hybridized carbons (Fsp3) is 0.316. The van der Waals surface area contributed by atoms with Gasteiger partial charge in [0.15, 0.2) is 5.82 Å². The lowest BCUT2D eigenvalue weighted by atomic mass is 10.3. The molecule has 1 amide bonds. The molecule has 3 aromatic heterocycles. The molecular weight excluding hydrogens is 342 g/mol. The Bertz CT molecular complexity index is 1010. The van der Waals surface area contributed by atoms with Gasteiger partial charge < -0.3 is 9.80 Å². The van der Waals surface area contributed by atoms with Crippen LogP contribution in [0.2, 0.25) is 0 Å². The molecule has 0 atom stereocenters. The number of nitriles is 1. The molecule has 0 aromatic carbocycles. The molecule has 0 unspecified atom stereocenters. The molecule has 1 fully saturated rings. The molecule has 136 valence electrons. The molecule has 0 aliphatic carbocycles. The van der Waals surface area contributed by atoms with Gasteiger partial charge in [0, 0.05) is 38.6 Å². The topological polar surface area (TPSA) is 90.4 Å². The number of carbonyl (C=O) groups is 1. The van der Waals surface area contributed by atoms with Crippen LogP contribution in [0, 0.1) is 11.3 Å². The minimum absolute atomic E-state index is 0.0635. The van der Waals surface area contributed by atoms with Gasteiger partial charge in [-0.3, -0.25) is 9.20 Å². The van der Waals surface area contributed by atoms with Gasteiger partial charge in [-0.1, -0.05) is 6.07 Å². The number of hydrogen-bond donors (Lipinski definition) is 0. The second kappa shape index (κ2) is 7.41. The first kappa shape index (κ1) is 17.0. The smallest absolute Gasteiger partial charge is 0.236 e. The van der Waals surface area contributed by atoms with E-state index in [1.807, 2.05) is 40.9 Å². The van der Waals surface area contributed by atoms with Crippen LogP contribution in [-0.2, 0) is 4.79 Å². The molecule has 0 bridgehead atoms. The van der Waals surface area contributed by atoms with E-state index in [0.717, 1.165) is 30.1 Å². The number of aromatic nitrogens is 4. The summed E-state index contributed by atoms with van der Waals surface area (Å²) in [7, 11) is 0. The highest BCUT2D eigenvalue weighted by Gasteiger charge is 2.20. The van der Waals surface area contributed by atoms with Crippen LogP contribution in [0.15, 0.2) is 42.9 Å². The van der Waals surface area contributed by atoms with Crippen LogP contribution in [-0.4, -0.2) is 56.3 Å². The Kier molecular flexibility index (Phi) is 4.66. The molecule has 0 radical (unpaired) electrons. The van der Waals surface area contributed by atoms with Crippen molar-refractivity contribution in [2.75, 3.05) is 31.1 Å². The molecule has 0 N–H and O–H groups in total. The van der Waals surface area contributed by atoms with Gasteiger partial charge in [-0.25, -0.2) is 15.0 Å². The van der Waals surface area contributed by atoms with Gasteiger partial charge in [-0.05, 0) is 24.6 Å². The highest BCUT2D eigenvalue weighted by atomic mass is 16.2. The standard InChI is InChI=1S/C19H19N7O/c20-7-5-18(27)25-10-3-9-24(12-13-25)17-6-8-21-19(23-17)15-14-22-16-4-1-2-11-26(15)16/h1-2,4,6,8,11,14H,3,5,9-10,12-13H2. The number of hydrogen-bond acceptors (Lipinski definition) is 6. The van der Waals surface area contributed by atoms with E-state index in [9.17, 15) is 4.79 Å². The maximum atomic E-state index is 12.0. The number of anilines is 1. The summed E-state index contributed by atoms with van der Waals surface area (Å²) in [5, 5.41) is 8.73. The van der Waals surface area contributed by atoms with Crippen molar-refractivity contribution >= 4 is 17.4 Å². The van der Waals surface area contributed by atoms with E-state index < -0.39 is 0 Å². The number of carbonyl (C=O) groups excluding carboxylic acids is 1. The molecule has 8 heteroatoms. The highest BCUT2D eigenvalue weighted by molar-refractivity contribution is 5.78. The quantitative estimate of drug-likeness (QED) is 0.706. The Morgan fingerprint density at radius 2 is 2.07 bits per heavy atom. The second-order valence-electron chi connectivity index (χ2n) is 6.37. The molecule has 1 aliphatic heterocycles. The zero-order valence-electron chi connectivity index (χ0n) is 14.8. The Balaban J connectivity index is 1.56. The van der Waals surface area contributed by atoms with E-state index in [-0.39, 0.29) is 12.3 Å². The van der Waals surface area contributed by atoms with Crippen LogP contribution >= 0.6 is 0 Å². The van der Waals surface area contributed by atoms with Gasteiger partial charge in [0.1, 0.15) is 23.6 Å². The fourth-order valence-corrected chi connectivity index (χ4v) is 3.32. The van der Waals surface area contributed by atoms with Gasteiger partial charge in [-0.2, -0.15) is 5.26 Å². The average Bonchev–Trinajstić information content (AvgIpc) is 2.97.